The van der Waals surface area contributed by atoms with E-state index in [1.54, 1.807) is 4.90 Å². The van der Waals surface area contributed by atoms with E-state index in [1.807, 2.05) is 30.3 Å². The number of piperidine rings is 1. The van der Waals surface area contributed by atoms with Gasteiger partial charge in [-0.2, -0.15) is 0 Å². The van der Waals surface area contributed by atoms with E-state index in [0.717, 1.165) is 18.4 Å². The normalized spacial score (nSPS) is 25.3. The predicted octanol–water partition coefficient (Wildman–Crippen LogP) is 2.54. The zero-order chi connectivity index (χ0) is 15.4. The first kappa shape index (κ1) is 15.0. The van der Waals surface area contributed by atoms with Crippen LogP contribution in [0.2, 0.25) is 0 Å². The van der Waals surface area contributed by atoms with Gasteiger partial charge in [0.1, 0.15) is 12.2 Å². The van der Waals surface area contributed by atoms with Crippen molar-refractivity contribution in [3.8, 4) is 0 Å². The smallest absolute Gasteiger partial charge is 0.410 e. The van der Waals surface area contributed by atoms with Crippen LogP contribution in [0.4, 0.5) is 4.79 Å². The minimum absolute atomic E-state index is 0.124. The molecule has 2 heterocycles. The maximum Gasteiger partial charge on any atom is 0.410 e. The number of carbonyl (C=O) groups is 2. The van der Waals surface area contributed by atoms with Crippen molar-refractivity contribution in [3.63, 3.8) is 0 Å². The van der Waals surface area contributed by atoms with Crippen LogP contribution in [-0.2, 0) is 20.9 Å². The van der Waals surface area contributed by atoms with Gasteiger partial charge in [-0.05, 0) is 24.8 Å². The maximum absolute atomic E-state index is 12.2. The summed E-state index contributed by atoms with van der Waals surface area (Å²) in [6.07, 6.45) is 2.43. The topological polar surface area (TPSA) is 55.8 Å². The molecule has 0 saturated carbocycles. The molecule has 1 aromatic rings. The molecule has 1 amide bonds. The second-order valence-electron chi connectivity index (χ2n) is 5.93. The lowest BCUT2D eigenvalue weighted by molar-refractivity contribution is -0.160. The lowest BCUT2D eigenvalue weighted by Crippen LogP contribution is -2.57. The Labute approximate surface area is 130 Å². The first-order valence-corrected chi connectivity index (χ1v) is 7.82. The summed E-state index contributed by atoms with van der Waals surface area (Å²) in [5.41, 5.74) is 0.162. The van der Waals surface area contributed by atoms with Crippen LogP contribution in [0, 0.1) is 0 Å². The SMILES string of the molecule is O=C(OCc1ccccc1)N1CCCC2(C1)OCCCC2=O. The highest BCUT2D eigenvalue weighted by atomic mass is 16.6. The van der Waals surface area contributed by atoms with Crippen LogP contribution in [0.3, 0.4) is 0 Å². The summed E-state index contributed by atoms with van der Waals surface area (Å²) < 4.78 is 11.1. The molecule has 1 aromatic carbocycles. The highest BCUT2D eigenvalue weighted by Crippen LogP contribution is 2.31. The summed E-state index contributed by atoms with van der Waals surface area (Å²) in [7, 11) is 0. The van der Waals surface area contributed by atoms with Gasteiger partial charge in [0, 0.05) is 19.6 Å². The van der Waals surface area contributed by atoms with Gasteiger partial charge in [0.05, 0.1) is 6.54 Å². The van der Waals surface area contributed by atoms with E-state index in [4.69, 9.17) is 9.47 Å². The molecule has 5 nitrogen and oxygen atoms in total. The average Bonchev–Trinajstić information content (AvgIpc) is 2.57. The number of ether oxygens (including phenoxy) is 2. The van der Waals surface area contributed by atoms with Gasteiger partial charge in [-0.3, -0.25) is 4.79 Å². The average molecular weight is 303 g/mol. The summed E-state index contributed by atoms with van der Waals surface area (Å²) in [4.78, 5) is 26.1. The van der Waals surface area contributed by atoms with Crippen LogP contribution in [0.5, 0.6) is 0 Å². The number of benzene rings is 1. The third-order valence-electron chi connectivity index (χ3n) is 4.35. The van der Waals surface area contributed by atoms with Gasteiger partial charge in [0.2, 0.25) is 0 Å². The van der Waals surface area contributed by atoms with Gasteiger partial charge in [0.15, 0.2) is 5.78 Å². The van der Waals surface area contributed by atoms with Crippen molar-refractivity contribution in [3.05, 3.63) is 35.9 Å². The highest BCUT2D eigenvalue weighted by Gasteiger charge is 2.45. The summed E-state index contributed by atoms with van der Waals surface area (Å²) >= 11 is 0. The van der Waals surface area contributed by atoms with Gasteiger partial charge in [-0.15, -0.1) is 0 Å². The van der Waals surface area contributed by atoms with Crippen LogP contribution < -0.4 is 0 Å². The Bertz CT molecular complexity index is 541. The Morgan fingerprint density at radius 2 is 2.09 bits per heavy atom. The molecule has 0 radical (unpaired) electrons. The fourth-order valence-corrected chi connectivity index (χ4v) is 3.14. The van der Waals surface area contributed by atoms with Crippen LogP contribution in [0.1, 0.15) is 31.2 Å². The van der Waals surface area contributed by atoms with Gasteiger partial charge in [-0.25, -0.2) is 4.79 Å². The summed E-state index contributed by atoms with van der Waals surface area (Å²) in [6, 6.07) is 9.57. The lowest BCUT2D eigenvalue weighted by Gasteiger charge is -2.42. The van der Waals surface area contributed by atoms with Crippen molar-refractivity contribution in [1.29, 1.82) is 0 Å². The molecule has 3 rings (SSSR count). The number of hydrogen-bond donors (Lipinski definition) is 0. The van der Waals surface area contributed by atoms with Crippen LogP contribution >= 0.6 is 0 Å². The van der Waals surface area contributed by atoms with Crippen molar-refractivity contribution in [2.75, 3.05) is 19.7 Å². The second-order valence-corrected chi connectivity index (χ2v) is 5.93. The largest absolute Gasteiger partial charge is 0.445 e. The quantitative estimate of drug-likeness (QED) is 0.842. The van der Waals surface area contributed by atoms with Crippen molar-refractivity contribution >= 4 is 11.9 Å². The zero-order valence-electron chi connectivity index (χ0n) is 12.6. The molecule has 0 N–H and O–H groups in total. The fourth-order valence-electron chi connectivity index (χ4n) is 3.14. The number of amides is 1. The first-order valence-electron chi connectivity index (χ1n) is 7.82. The summed E-state index contributed by atoms with van der Waals surface area (Å²) in [6.45, 7) is 1.78. The number of likely N-dealkylation sites (tertiary alicyclic amines) is 1. The van der Waals surface area contributed by atoms with Crippen molar-refractivity contribution < 1.29 is 19.1 Å². The molecule has 2 aliphatic heterocycles. The molecule has 0 aromatic heterocycles. The molecule has 1 atom stereocenters. The molecule has 1 spiro atoms. The highest BCUT2D eigenvalue weighted by molar-refractivity contribution is 5.89. The van der Waals surface area contributed by atoms with Crippen LogP contribution in [0.25, 0.3) is 0 Å². The van der Waals surface area contributed by atoms with Crippen molar-refractivity contribution in [2.45, 2.75) is 37.9 Å². The molecule has 22 heavy (non-hydrogen) atoms. The Hall–Kier alpha value is -1.88. The Morgan fingerprint density at radius 1 is 1.27 bits per heavy atom. The van der Waals surface area contributed by atoms with Crippen LogP contribution in [-0.4, -0.2) is 42.1 Å². The summed E-state index contributed by atoms with van der Waals surface area (Å²) in [5.74, 6) is 0.124. The fraction of sp³-hybridized carbons (Fsp3) is 0.529. The van der Waals surface area contributed by atoms with E-state index in [0.29, 0.717) is 32.5 Å². The molecular formula is C17H21NO4. The number of nitrogens with zero attached hydrogens (tertiary/aromatic N) is 1. The minimum atomic E-state index is -0.789. The molecule has 118 valence electrons. The number of hydrogen-bond acceptors (Lipinski definition) is 4. The summed E-state index contributed by atoms with van der Waals surface area (Å²) in [5, 5.41) is 0. The first-order chi connectivity index (χ1) is 10.7. The molecule has 5 heteroatoms. The van der Waals surface area contributed by atoms with Crippen molar-refractivity contribution in [2.24, 2.45) is 0 Å². The standard InChI is InChI=1S/C17H21NO4/c19-15-8-4-11-22-17(15)9-5-10-18(13-17)16(20)21-12-14-6-2-1-3-7-14/h1-3,6-7H,4-5,8-13H2. The number of ketones is 1. The van der Waals surface area contributed by atoms with E-state index in [1.165, 1.54) is 0 Å². The molecule has 1 unspecified atom stereocenters. The van der Waals surface area contributed by atoms with E-state index < -0.39 is 5.60 Å². The molecular weight excluding hydrogens is 282 g/mol. The van der Waals surface area contributed by atoms with E-state index in [-0.39, 0.29) is 18.5 Å². The maximum atomic E-state index is 12.2. The van der Waals surface area contributed by atoms with E-state index in [9.17, 15) is 9.59 Å². The van der Waals surface area contributed by atoms with Crippen molar-refractivity contribution in [1.82, 2.24) is 4.90 Å². The number of Topliss-reactive ketones (excluding diaryl/α,β-unsaturated/α-hetero) is 1. The number of rotatable bonds is 2. The predicted molar refractivity (Wildman–Crippen MR) is 80.4 cm³/mol. The van der Waals surface area contributed by atoms with Gasteiger partial charge >= 0.3 is 6.09 Å². The minimum Gasteiger partial charge on any atom is -0.445 e. The van der Waals surface area contributed by atoms with E-state index in [2.05, 4.69) is 0 Å². The van der Waals surface area contributed by atoms with Gasteiger partial charge in [0.25, 0.3) is 0 Å². The molecule has 2 saturated heterocycles. The Morgan fingerprint density at radius 3 is 2.86 bits per heavy atom. The number of carbonyl (C=O) groups excluding carboxylic acids is 2. The Kier molecular flexibility index (Phi) is 4.43. The third kappa shape index (κ3) is 3.14. The van der Waals surface area contributed by atoms with E-state index >= 15 is 0 Å². The molecule has 2 aliphatic rings. The van der Waals surface area contributed by atoms with Gasteiger partial charge in [-0.1, -0.05) is 30.3 Å². The molecule has 2 fully saturated rings. The van der Waals surface area contributed by atoms with Gasteiger partial charge < -0.3 is 14.4 Å². The third-order valence-corrected chi connectivity index (χ3v) is 4.35. The monoisotopic (exact) mass is 303 g/mol. The zero-order valence-corrected chi connectivity index (χ0v) is 12.6. The lowest BCUT2D eigenvalue weighted by atomic mass is 9.85. The molecule has 0 bridgehead atoms. The Balaban J connectivity index is 1.59. The second kappa shape index (κ2) is 6.48. The molecule has 0 aliphatic carbocycles. The van der Waals surface area contributed by atoms with Crippen LogP contribution in [0.15, 0.2) is 30.3 Å².